The standard InChI is InChI=1S/C21H21ClN4/c1-14-11-20(23-13-16-7-9-18(22)10-8-16)25-21(24-14)26-15(2)12-17-5-3-4-6-19(17)26/h3-11,15H,12-13H2,1-2H3,(H,23,24,25). The minimum absolute atomic E-state index is 0.346. The Morgan fingerprint density at radius 2 is 1.88 bits per heavy atom. The number of benzene rings is 2. The predicted molar refractivity (Wildman–Crippen MR) is 107 cm³/mol. The Labute approximate surface area is 158 Å². The van der Waals surface area contributed by atoms with Crippen LogP contribution in [0, 0.1) is 6.92 Å². The molecule has 0 fully saturated rings. The van der Waals surface area contributed by atoms with Crippen LogP contribution in [0.15, 0.2) is 54.6 Å². The molecule has 1 aliphatic rings. The van der Waals surface area contributed by atoms with Crippen molar-refractivity contribution < 1.29 is 0 Å². The molecule has 26 heavy (non-hydrogen) atoms. The number of hydrogen-bond donors (Lipinski definition) is 1. The molecule has 4 nitrogen and oxygen atoms in total. The molecule has 0 spiro atoms. The highest BCUT2D eigenvalue weighted by Crippen LogP contribution is 2.36. The van der Waals surface area contributed by atoms with Gasteiger partial charge in [0, 0.05) is 35.1 Å². The van der Waals surface area contributed by atoms with Gasteiger partial charge in [-0.3, -0.25) is 0 Å². The van der Waals surface area contributed by atoms with Crippen LogP contribution in [0.4, 0.5) is 17.5 Å². The maximum atomic E-state index is 5.95. The lowest BCUT2D eigenvalue weighted by molar-refractivity contribution is 0.738. The third-order valence-electron chi connectivity index (χ3n) is 4.65. The predicted octanol–water partition coefficient (Wildman–Crippen LogP) is 5.13. The second-order valence-electron chi connectivity index (χ2n) is 6.73. The highest BCUT2D eigenvalue weighted by atomic mass is 35.5. The highest BCUT2D eigenvalue weighted by Gasteiger charge is 2.28. The largest absolute Gasteiger partial charge is 0.366 e. The number of aryl methyl sites for hydroxylation is 1. The van der Waals surface area contributed by atoms with Gasteiger partial charge in [0.05, 0.1) is 0 Å². The Bertz CT molecular complexity index is 924. The zero-order valence-corrected chi connectivity index (χ0v) is 15.7. The van der Waals surface area contributed by atoms with Crippen molar-refractivity contribution in [2.75, 3.05) is 10.2 Å². The third-order valence-corrected chi connectivity index (χ3v) is 4.90. The molecule has 0 aliphatic carbocycles. The Morgan fingerprint density at radius 3 is 2.69 bits per heavy atom. The zero-order valence-electron chi connectivity index (χ0n) is 14.9. The van der Waals surface area contributed by atoms with Gasteiger partial charge >= 0.3 is 0 Å². The lowest BCUT2D eigenvalue weighted by Crippen LogP contribution is -2.26. The van der Waals surface area contributed by atoms with Crippen LogP contribution in [-0.4, -0.2) is 16.0 Å². The van der Waals surface area contributed by atoms with Crippen LogP contribution in [0.25, 0.3) is 0 Å². The van der Waals surface area contributed by atoms with Gasteiger partial charge in [-0.25, -0.2) is 4.98 Å². The highest BCUT2D eigenvalue weighted by molar-refractivity contribution is 6.30. The first-order chi connectivity index (χ1) is 12.6. The smallest absolute Gasteiger partial charge is 0.232 e. The van der Waals surface area contributed by atoms with Gasteiger partial charge in [0.15, 0.2) is 0 Å². The second kappa shape index (κ2) is 6.96. The van der Waals surface area contributed by atoms with Gasteiger partial charge in [-0.1, -0.05) is 41.9 Å². The van der Waals surface area contributed by atoms with Gasteiger partial charge in [-0.05, 0) is 49.6 Å². The van der Waals surface area contributed by atoms with E-state index < -0.39 is 0 Å². The molecule has 2 heterocycles. The van der Waals surface area contributed by atoms with Crippen molar-refractivity contribution in [3.8, 4) is 0 Å². The van der Waals surface area contributed by atoms with E-state index in [1.807, 2.05) is 37.3 Å². The minimum Gasteiger partial charge on any atom is -0.366 e. The molecule has 3 aromatic rings. The fourth-order valence-electron chi connectivity index (χ4n) is 3.42. The molecule has 1 aliphatic heterocycles. The average Bonchev–Trinajstić information content (AvgIpc) is 2.96. The second-order valence-corrected chi connectivity index (χ2v) is 7.16. The molecule has 1 atom stereocenters. The van der Waals surface area contributed by atoms with Gasteiger partial charge in [-0.15, -0.1) is 0 Å². The lowest BCUT2D eigenvalue weighted by Gasteiger charge is -2.23. The first-order valence-electron chi connectivity index (χ1n) is 8.81. The third kappa shape index (κ3) is 3.37. The van der Waals surface area contributed by atoms with E-state index in [0.717, 1.165) is 34.5 Å². The van der Waals surface area contributed by atoms with Crippen molar-refractivity contribution in [1.82, 2.24) is 9.97 Å². The molecule has 1 unspecified atom stereocenters. The van der Waals surface area contributed by atoms with Crippen LogP contribution >= 0.6 is 11.6 Å². The summed E-state index contributed by atoms with van der Waals surface area (Å²) in [6, 6.07) is 18.6. The van der Waals surface area contributed by atoms with E-state index >= 15 is 0 Å². The van der Waals surface area contributed by atoms with E-state index in [1.54, 1.807) is 0 Å². The van der Waals surface area contributed by atoms with Crippen LogP contribution in [0.2, 0.25) is 5.02 Å². The maximum absolute atomic E-state index is 5.95. The van der Waals surface area contributed by atoms with Crippen LogP contribution in [0.5, 0.6) is 0 Å². The van der Waals surface area contributed by atoms with Crippen molar-refractivity contribution in [1.29, 1.82) is 0 Å². The molecule has 1 aromatic heterocycles. The van der Waals surface area contributed by atoms with Gasteiger partial charge in [0.2, 0.25) is 5.95 Å². The normalized spacial score (nSPS) is 15.8. The molecule has 0 bridgehead atoms. The van der Waals surface area contributed by atoms with Crippen molar-refractivity contribution >= 4 is 29.1 Å². The van der Waals surface area contributed by atoms with Gasteiger partial charge < -0.3 is 10.2 Å². The number of halogens is 1. The molecular formula is C21H21ClN4. The number of nitrogens with zero attached hydrogens (tertiary/aromatic N) is 3. The average molecular weight is 365 g/mol. The van der Waals surface area contributed by atoms with Crippen LogP contribution in [0.3, 0.4) is 0 Å². The number of aromatic nitrogens is 2. The monoisotopic (exact) mass is 364 g/mol. The van der Waals surface area contributed by atoms with Crippen molar-refractivity contribution in [3.63, 3.8) is 0 Å². The summed E-state index contributed by atoms with van der Waals surface area (Å²) in [6.07, 6.45) is 1.01. The van der Waals surface area contributed by atoms with E-state index in [4.69, 9.17) is 16.6 Å². The Kier molecular flexibility index (Phi) is 4.51. The van der Waals surface area contributed by atoms with E-state index in [-0.39, 0.29) is 0 Å². The topological polar surface area (TPSA) is 41.1 Å². The summed E-state index contributed by atoms with van der Waals surface area (Å²) in [6.45, 7) is 4.91. The number of para-hydroxylation sites is 1. The van der Waals surface area contributed by atoms with E-state index in [0.29, 0.717) is 12.6 Å². The SMILES string of the molecule is Cc1cc(NCc2ccc(Cl)cc2)nc(N2c3ccccc3CC2C)n1. The molecule has 132 valence electrons. The summed E-state index contributed by atoms with van der Waals surface area (Å²) in [7, 11) is 0. The summed E-state index contributed by atoms with van der Waals surface area (Å²) >= 11 is 5.95. The van der Waals surface area contributed by atoms with Crippen molar-refractivity contribution in [2.24, 2.45) is 0 Å². The van der Waals surface area contributed by atoms with Crippen LogP contribution in [-0.2, 0) is 13.0 Å². The Hall–Kier alpha value is -2.59. The Morgan fingerprint density at radius 1 is 1.12 bits per heavy atom. The summed E-state index contributed by atoms with van der Waals surface area (Å²) in [5.41, 5.74) is 4.66. The molecule has 5 heteroatoms. The maximum Gasteiger partial charge on any atom is 0.232 e. The van der Waals surface area contributed by atoms with Gasteiger partial charge in [-0.2, -0.15) is 4.98 Å². The zero-order chi connectivity index (χ0) is 18.1. The molecule has 0 saturated carbocycles. The molecular weight excluding hydrogens is 344 g/mol. The Balaban J connectivity index is 1.59. The van der Waals surface area contributed by atoms with Gasteiger partial charge in [0.25, 0.3) is 0 Å². The quantitative estimate of drug-likeness (QED) is 0.696. The number of rotatable bonds is 4. The molecule has 0 saturated heterocycles. The summed E-state index contributed by atoms with van der Waals surface area (Å²) in [5.74, 6) is 1.58. The van der Waals surface area contributed by atoms with E-state index in [2.05, 4.69) is 46.4 Å². The summed E-state index contributed by atoms with van der Waals surface area (Å²) in [5, 5.41) is 4.15. The lowest BCUT2D eigenvalue weighted by atomic mass is 10.1. The number of fused-ring (bicyclic) bond motifs is 1. The fourth-order valence-corrected chi connectivity index (χ4v) is 3.54. The summed E-state index contributed by atoms with van der Waals surface area (Å²) in [4.78, 5) is 11.7. The summed E-state index contributed by atoms with van der Waals surface area (Å²) < 4.78 is 0. The fraction of sp³-hybridized carbons (Fsp3) is 0.238. The molecule has 2 aromatic carbocycles. The number of hydrogen-bond acceptors (Lipinski definition) is 4. The van der Waals surface area contributed by atoms with Crippen molar-refractivity contribution in [2.45, 2.75) is 32.9 Å². The van der Waals surface area contributed by atoms with Crippen molar-refractivity contribution in [3.05, 3.63) is 76.4 Å². The first-order valence-corrected chi connectivity index (χ1v) is 9.19. The molecule has 4 rings (SSSR count). The molecule has 1 N–H and O–H groups in total. The van der Waals surface area contributed by atoms with Crippen LogP contribution < -0.4 is 10.2 Å². The minimum atomic E-state index is 0.346. The molecule has 0 amide bonds. The van der Waals surface area contributed by atoms with E-state index in [9.17, 15) is 0 Å². The molecule has 0 radical (unpaired) electrons. The van der Waals surface area contributed by atoms with Crippen LogP contribution in [0.1, 0.15) is 23.7 Å². The number of nitrogens with one attached hydrogen (secondary N) is 1. The first kappa shape index (κ1) is 16.9. The number of anilines is 3. The van der Waals surface area contributed by atoms with Gasteiger partial charge in [0.1, 0.15) is 5.82 Å². The van der Waals surface area contributed by atoms with E-state index in [1.165, 1.54) is 11.3 Å².